The number of hydrogen-bond acceptors (Lipinski definition) is 13. The van der Waals surface area contributed by atoms with Crippen LogP contribution in [0.2, 0.25) is 0 Å². The molecule has 1 unspecified atom stereocenters. The number of amides is 1. The molecule has 4 N–H and O–H groups in total. The van der Waals surface area contributed by atoms with Crippen molar-refractivity contribution >= 4 is 31.3 Å². The molecule has 3 aromatic heterocycles. The molecule has 6 rings (SSSR count). The molecule has 0 saturated heterocycles. The molecule has 22 heteroatoms. The number of anilines is 1. The van der Waals surface area contributed by atoms with Gasteiger partial charge < -0.3 is 29.2 Å². The van der Waals surface area contributed by atoms with Gasteiger partial charge in [-0.2, -0.15) is 4.98 Å². The number of rotatable bonds is 11. The summed E-state index contributed by atoms with van der Waals surface area (Å²) in [5.41, 5.74) is 6.28. The summed E-state index contributed by atoms with van der Waals surface area (Å²) in [7, 11) is -3.81. The molecule has 2 atom stereocenters. The van der Waals surface area contributed by atoms with Crippen molar-refractivity contribution in [3.8, 4) is 34.3 Å². The van der Waals surface area contributed by atoms with Gasteiger partial charge in [0.1, 0.15) is 17.1 Å². The molecule has 1 aliphatic heterocycles. The quantitative estimate of drug-likeness (QED) is 0.0724. The van der Waals surface area contributed by atoms with Crippen molar-refractivity contribution in [3.63, 3.8) is 0 Å². The highest BCUT2D eigenvalue weighted by molar-refractivity contribution is 7.46. The zero-order chi connectivity index (χ0) is 38.2. The van der Waals surface area contributed by atoms with Gasteiger partial charge in [0.2, 0.25) is 11.8 Å². The number of carbonyl (C=O) groups excluding carboxylic acids is 2. The van der Waals surface area contributed by atoms with Gasteiger partial charge in [-0.05, 0) is 67.1 Å². The molecule has 4 heterocycles. The Kier molecular flexibility index (Phi) is 9.84. The number of methoxy groups -OCH3 is 1. The van der Waals surface area contributed by atoms with E-state index in [0.29, 0.717) is 16.8 Å². The Morgan fingerprint density at radius 3 is 2.58 bits per heavy atom. The van der Waals surface area contributed by atoms with Crippen molar-refractivity contribution in [3.05, 3.63) is 89.5 Å². The molecule has 0 saturated carbocycles. The number of hydrogen-bond donors (Lipinski definition) is 3. The summed E-state index contributed by atoms with van der Waals surface area (Å²) in [5, 5.41) is 4.01. The van der Waals surface area contributed by atoms with Gasteiger partial charge >= 0.3 is 20.2 Å². The lowest BCUT2D eigenvalue weighted by Crippen LogP contribution is -2.50. The first kappa shape index (κ1) is 36.8. The molecule has 2 aromatic carbocycles. The van der Waals surface area contributed by atoms with Crippen LogP contribution in [0.25, 0.3) is 16.8 Å². The first-order valence-corrected chi connectivity index (χ1v) is 16.4. The topological polar surface area (TPSA) is 219 Å². The van der Waals surface area contributed by atoms with Crippen LogP contribution in [0.15, 0.2) is 67.0 Å². The third-order valence-corrected chi connectivity index (χ3v) is 7.96. The van der Waals surface area contributed by atoms with E-state index in [-0.39, 0.29) is 34.5 Å². The van der Waals surface area contributed by atoms with E-state index < -0.39 is 62.4 Å². The molecule has 17 nitrogen and oxygen atoms in total. The van der Waals surface area contributed by atoms with Crippen LogP contribution in [-0.2, 0) is 14.0 Å². The third-order valence-electron chi connectivity index (χ3n) is 7.53. The number of fused-ring (bicyclic) bond motifs is 2. The summed E-state index contributed by atoms with van der Waals surface area (Å²) in [6.07, 6.45) is -3.94. The highest BCUT2D eigenvalue weighted by Crippen LogP contribution is 2.42. The summed E-state index contributed by atoms with van der Waals surface area (Å²) in [6, 6.07) is 8.75. The molecule has 0 fully saturated rings. The minimum absolute atomic E-state index is 0.0259. The predicted octanol–water partition coefficient (Wildman–Crippen LogP) is 4.60. The number of halogens is 4. The van der Waals surface area contributed by atoms with Crippen molar-refractivity contribution in [2.45, 2.75) is 25.7 Å². The van der Waals surface area contributed by atoms with Crippen LogP contribution in [0, 0.1) is 5.82 Å². The summed E-state index contributed by atoms with van der Waals surface area (Å²) in [5.74, 6) is -4.47. The van der Waals surface area contributed by atoms with E-state index in [1.807, 2.05) is 0 Å². The van der Waals surface area contributed by atoms with E-state index in [4.69, 9.17) is 34.5 Å². The molecule has 0 radical (unpaired) electrons. The lowest BCUT2D eigenvalue weighted by atomic mass is 10.0. The highest BCUT2D eigenvalue weighted by Gasteiger charge is 2.41. The van der Waals surface area contributed by atoms with Gasteiger partial charge in [0, 0.05) is 23.5 Å². The minimum atomic E-state index is -5.10. The smallest absolute Gasteiger partial charge is 0.493 e. The second-order valence-electron chi connectivity index (χ2n) is 11.0. The molecule has 0 bridgehead atoms. The Morgan fingerprint density at radius 1 is 1.09 bits per heavy atom. The van der Waals surface area contributed by atoms with E-state index >= 15 is 4.39 Å². The van der Waals surface area contributed by atoms with Crippen molar-refractivity contribution < 1.29 is 69.7 Å². The molecule has 0 aliphatic carbocycles. The molecule has 5 aromatic rings. The Bertz CT molecular complexity index is 2270. The molecule has 1 aliphatic rings. The molecular formula is C31H25F4N6O11P. The Hall–Kier alpha value is -6.02. The standard InChI is InChI=1S/C31H25F4N6O11P/c1-15(20-12-19(4-5-22(20)32)51-31(33,34)35)41-27(42)21-9-18(16-7-8-40-25(11-16)38-29(36)39-40)13-37-26(21)50-30(41)49-14-48-28(43)17-3-6-23(24(10-17)47-2)52-53(44,45)46/h3-13,15,30H,14H2,1-2H3,(H2,36,39)(H2,44,45,46)/t15-,30?/m1/s1. The fourth-order valence-corrected chi connectivity index (χ4v) is 5.62. The van der Waals surface area contributed by atoms with E-state index in [0.717, 1.165) is 48.4 Å². The van der Waals surface area contributed by atoms with Gasteiger partial charge in [0.15, 0.2) is 23.9 Å². The predicted molar refractivity (Wildman–Crippen MR) is 170 cm³/mol. The maximum Gasteiger partial charge on any atom is 0.573 e. The number of aromatic nitrogens is 4. The summed E-state index contributed by atoms with van der Waals surface area (Å²) in [6.45, 7) is 0.385. The van der Waals surface area contributed by atoms with Gasteiger partial charge in [-0.3, -0.25) is 24.2 Å². The van der Waals surface area contributed by atoms with Crippen LogP contribution in [0.4, 0.5) is 23.5 Å². The Balaban J connectivity index is 1.29. The highest BCUT2D eigenvalue weighted by atomic mass is 31.2. The van der Waals surface area contributed by atoms with Gasteiger partial charge in [-0.25, -0.2) is 23.2 Å². The molecule has 1 amide bonds. The summed E-state index contributed by atoms with van der Waals surface area (Å²) >= 11 is 0. The lowest BCUT2D eigenvalue weighted by Gasteiger charge is -2.39. The van der Waals surface area contributed by atoms with Crippen molar-refractivity contribution in [1.29, 1.82) is 0 Å². The first-order valence-electron chi connectivity index (χ1n) is 14.9. The fourth-order valence-electron chi connectivity index (χ4n) is 5.21. The summed E-state index contributed by atoms with van der Waals surface area (Å²) < 4.78 is 97.0. The number of nitrogen functional groups attached to an aromatic ring is 1. The number of phosphoric acid groups is 1. The molecule has 278 valence electrons. The number of alkyl halides is 3. The van der Waals surface area contributed by atoms with Crippen LogP contribution in [0.3, 0.4) is 0 Å². The van der Waals surface area contributed by atoms with Crippen LogP contribution in [0.1, 0.15) is 39.2 Å². The number of benzene rings is 2. The maximum absolute atomic E-state index is 15.2. The number of nitrogens with two attached hydrogens (primary N) is 1. The van der Waals surface area contributed by atoms with E-state index in [1.54, 1.807) is 18.3 Å². The van der Waals surface area contributed by atoms with Gasteiger partial charge in [-0.1, -0.05) is 0 Å². The van der Waals surface area contributed by atoms with Crippen LogP contribution < -0.4 is 24.5 Å². The van der Waals surface area contributed by atoms with Gasteiger partial charge in [0.25, 0.3) is 12.3 Å². The Morgan fingerprint density at radius 2 is 1.87 bits per heavy atom. The summed E-state index contributed by atoms with van der Waals surface area (Å²) in [4.78, 5) is 54.4. The van der Waals surface area contributed by atoms with E-state index in [2.05, 4.69) is 24.3 Å². The normalized spacial score (nSPS) is 15.1. The lowest BCUT2D eigenvalue weighted by molar-refractivity contribution is -0.274. The number of nitrogens with zero attached hydrogens (tertiary/aromatic N) is 5. The second-order valence-corrected chi connectivity index (χ2v) is 12.1. The average Bonchev–Trinajstić information content (AvgIpc) is 3.47. The number of esters is 1. The van der Waals surface area contributed by atoms with Gasteiger partial charge in [0.05, 0.1) is 18.7 Å². The van der Waals surface area contributed by atoms with Crippen LogP contribution in [0.5, 0.6) is 23.1 Å². The van der Waals surface area contributed by atoms with Gasteiger partial charge in [-0.15, -0.1) is 18.3 Å². The number of carbonyl (C=O) groups is 2. The van der Waals surface area contributed by atoms with Crippen LogP contribution >= 0.6 is 7.82 Å². The number of ether oxygens (including phenoxy) is 5. The second kappa shape index (κ2) is 14.2. The molecule has 53 heavy (non-hydrogen) atoms. The van der Waals surface area contributed by atoms with Crippen molar-refractivity contribution in [2.24, 2.45) is 0 Å². The number of phosphoric ester groups is 1. The zero-order valence-electron chi connectivity index (χ0n) is 27.1. The SMILES string of the molecule is COc1cc(C(=O)OCOC2Oc3ncc(-c4ccn5nc(N)nc5c4)cc3C(=O)N2[C@H](C)c2cc(OC(F)(F)F)ccc2F)ccc1OP(=O)(O)O. The largest absolute Gasteiger partial charge is 0.573 e. The van der Waals surface area contributed by atoms with Crippen molar-refractivity contribution in [1.82, 2.24) is 24.5 Å². The van der Waals surface area contributed by atoms with Crippen LogP contribution in [-0.4, -0.2) is 72.8 Å². The van der Waals surface area contributed by atoms with E-state index in [1.165, 1.54) is 23.7 Å². The fraction of sp³-hybridized carbons (Fsp3) is 0.194. The number of pyridine rings is 2. The Labute approximate surface area is 294 Å². The zero-order valence-corrected chi connectivity index (χ0v) is 27.9. The monoisotopic (exact) mass is 764 g/mol. The average molecular weight is 765 g/mol. The molecule has 0 spiro atoms. The minimum Gasteiger partial charge on any atom is -0.493 e. The maximum atomic E-state index is 15.2. The molecular weight excluding hydrogens is 739 g/mol. The third kappa shape index (κ3) is 8.23. The first-order chi connectivity index (χ1) is 25.0. The van der Waals surface area contributed by atoms with Crippen molar-refractivity contribution in [2.75, 3.05) is 19.6 Å². The van der Waals surface area contributed by atoms with E-state index in [9.17, 15) is 27.3 Å².